The van der Waals surface area contributed by atoms with Gasteiger partial charge in [0.2, 0.25) is 0 Å². The average Bonchev–Trinajstić information content (AvgIpc) is 2.37. The molecular formula is C17H28FNO. The SMILES string of the molecule is CCCNC(Cc1ccc(F)cc1)C(OC)C(C)(C)C. The molecule has 0 spiro atoms. The van der Waals surface area contributed by atoms with Crippen molar-refractivity contribution >= 4 is 0 Å². The molecule has 0 aliphatic heterocycles. The van der Waals surface area contributed by atoms with Gasteiger partial charge in [-0.05, 0) is 42.5 Å². The molecule has 2 atom stereocenters. The van der Waals surface area contributed by atoms with E-state index in [9.17, 15) is 4.39 Å². The maximum atomic E-state index is 13.0. The first-order chi connectivity index (χ1) is 9.38. The van der Waals surface area contributed by atoms with Gasteiger partial charge in [0, 0.05) is 13.2 Å². The number of hydrogen-bond acceptors (Lipinski definition) is 2. The van der Waals surface area contributed by atoms with Crippen molar-refractivity contribution in [2.24, 2.45) is 5.41 Å². The molecule has 0 heterocycles. The summed E-state index contributed by atoms with van der Waals surface area (Å²) in [6, 6.07) is 6.97. The number of hydrogen-bond donors (Lipinski definition) is 1. The molecule has 1 aromatic rings. The van der Waals surface area contributed by atoms with Gasteiger partial charge in [-0.1, -0.05) is 39.8 Å². The van der Waals surface area contributed by atoms with E-state index in [4.69, 9.17) is 4.74 Å². The Labute approximate surface area is 122 Å². The third-order valence-electron chi connectivity index (χ3n) is 3.50. The Hall–Kier alpha value is -0.930. The van der Waals surface area contributed by atoms with Crippen molar-refractivity contribution in [1.82, 2.24) is 5.32 Å². The van der Waals surface area contributed by atoms with Crippen molar-refractivity contribution in [2.45, 2.75) is 52.7 Å². The minimum absolute atomic E-state index is 0.0557. The summed E-state index contributed by atoms with van der Waals surface area (Å²) in [5.74, 6) is -0.189. The van der Waals surface area contributed by atoms with Gasteiger partial charge in [-0.15, -0.1) is 0 Å². The molecule has 0 saturated carbocycles. The van der Waals surface area contributed by atoms with E-state index in [-0.39, 0.29) is 23.4 Å². The molecule has 2 unspecified atom stereocenters. The molecule has 0 aliphatic rings. The van der Waals surface area contributed by atoms with Crippen LogP contribution >= 0.6 is 0 Å². The fourth-order valence-electron chi connectivity index (χ4n) is 2.61. The lowest BCUT2D eigenvalue weighted by Gasteiger charge is -2.36. The third kappa shape index (κ3) is 5.22. The van der Waals surface area contributed by atoms with Crippen LogP contribution in [-0.4, -0.2) is 25.8 Å². The molecule has 0 radical (unpaired) electrons. The van der Waals surface area contributed by atoms with Gasteiger partial charge in [-0.25, -0.2) is 4.39 Å². The average molecular weight is 281 g/mol. The minimum atomic E-state index is -0.189. The highest BCUT2D eigenvalue weighted by Crippen LogP contribution is 2.26. The van der Waals surface area contributed by atoms with E-state index in [1.165, 1.54) is 12.1 Å². The number of nitrogens with one attached hydrogen (secondary N) is 1. The first-order valence-electron chi connectivity index (χ1n) is 7.39. The Balaban J connectivity index is 2.84. The van der Waals surface area contributed by atoms with Crippen LogP contribution in [0.4, 0.5) is 4.39 Å². The second-order valence-corrected chi connectivity index (χ2v) is 6.41. The Morgan fingerprint density at radius 1 is 1.20 bits per heavy atom. The summed E-state index contributed by atoms with van der Waals surface area (Å²) >= 11 is 0. The zero-order valence-corrected chi connectivity index (χ0v) is 13.4. The summed E-state index contributed by atoms with van der Waals surface area (Å²) in [6.45, 7) is 9.67. The summed E-state index contributed by atoms with van der Waals surface area (Å²) in [7, 11) is 1.77. The summed E-state index contributed by atoms with van der Waals surface area (Å²) < 4.78 is 18.7. The molecule has 0 aliphatic carbocycles. The first-order valence-corrected chi connectivity index (χ1v) is 7.39. The standard InChI is InChI=1S/C17H28FNO/c1-6-11-19-15(16(20-5)17(2,3)4)12-13-7-9-14(18)10-8-13/h7-10,15-16,19H,6,11-12H2,1-5H3. The highest BCUT2D eigenvalue weighted by atomic mass is 19.1. The number of halogens is 1. The van der Waals surface area contributed by atoms with E-state index >= 15 is 0 Å². The van der Waals surface area contributed by atoms with E-state index in [0.717, 1.165) is 24.9 Å². The van der Waals surface area contributed by atoms with Crippen LogP contribution in [0, 0.1) is 11.2 Å². The zero-order valence-electron chi connectivity index (χ0n) is 13.4. The van der Waals surface area contributed by atoms with Crippen molar-refractivity contribution < 1.29 is 9.13 Å². The molecule has 1 rings (SSSR count). The monoisotopic (exact) mass is 281 g/mol. The minimum Gasteiger partial charge on any atom is -0.379 e. The molecule has 20 heavy (non-hydrogen) atoms. The van der Waals surface area contributed by atoms with Crippen LogP contribution < -0.4 is 5.32 Å². The van der Waals surface area contributed by atoms with Crippen LogP contribution in [0.5, 0.6) is 0 Å². The molecule has 0 fully saturated rings. The van der Waals surface area contributed by atoms with Gasteiger partial charge in [0.05, 0.1) is 6.10 Å². The molecule has 2 nitrogen and oxygen atoms in total. The van der Waals surface area contributed by atoms with Crippen LogP contribution in [0.2, 0.25) is 0 Å². The van der Waals surface area contributed by atoms with Crippen LogP contribution in [0.25, 0.3) is 0 Å². The van der Waals surface area contributed by atoms with E-state index in [1.807, 2.05) is 12.1 Å². The predicted molar refractivity (Wildman–Crippen MR) is 82.4 cm³/mol. The van der Waals surface area contributed by atoms with Gasteiger partial charge in [-0.3, -0.25) is 0 Å². The fourth-order valence-corrected chi connectivity index (χ4v) is 2.61. The Morgan fingerprint density at radius 3 is 2.25 bits per heavy atom. The molecule has 0 saturated heterocycles. The zero-order chi connectivity index (χ0) is 15.2. The lowest BCUT2D eigenvalue weighted by molar-refractivity contribution is -0.0109. The lowest BCUT2D eigenvalue weighted by atomic mass is 9.82. The maximum absolute atomic E-state index is 13.0. The number of methoxy groups -OCH3 is 1. The number of benzene rings is 1. The Morgan fingerprint density at radius 2 is 1.80 bits per heavy atom. The molecule has 0 bridgehead atoms. The summed E-state index contributed by atoms with van der Waals surface area (Å²) in [5.41, 5.74) is 1.19. The summed E-state index contributed by atoms with van der Waals surface area (Å²) in [4.78, 5) is 0. The topological polar surface area (TPSA) is 21.3 Å². The smallest absolute Gasteiger partial charge is 0.123 e. The molecule has 1 aromatic carbocycles. The largest absolute Gasteiger partial charge is 0.379 e. The molecule has 0 aromatic heterocycles. The highest BCUT2D eigenvalue weighted by Gasteiger charge is 2.32. The second kappa shape index (κ2) is 7.75. The number of ether oxygens (including phenoxy) is 1. The second-order valence-electron chi connectivity index (χ2n) is 6.41. The van der Waals surface area contributed by atoms with E-state index in [1.54, 1.807) is 7.11 Å². The summed E-state index contributed by atoms with van der Waals surface area (Å²) in [6.07, 6.45) is 2.04. The highest BCUT2D eigenvalue weighted by molar-refractivity contribution is 5.17. The fraction of sp³-hybridized carbons (Fsp3) is 0.647. The van der Waals surface area contributed by atoms with Crippen molar-refractivity contribution in [1.29, 1.82) is 0 Å². The van der Waals surface area contributed by atoms with Gasteiger partial charge in [0.25, 0.3) is 0 Å². The molecule has 1 N–H and O–H groups in total. The maximum Gasteiger partial charge on any atom is 0.123 e. The van der Waals surface area contributed by atoms with Crippen molar-refractivity contribution in [3.63, 3.8) is 0 Å². The van der Waals surface area contributed by atoms with Gasteiger partial charge in [0.1, 0.15) is 5.82 Å². The molecule has 0 amide bonds. The van der Waals surface area contributed by atoms with E-state index < -0.39 is 0 Å². The van der Waals surface area contributed by atoms with Gasteiger partial charge in [-0.2, -0.15) is 0 Å². The van der Waals surface area contributed by atoms with Crippen molar-refractivity contribution in [2.75, 3.05) is 13.7 Å². The Kier molecular flexibility index (Phi) is 6.63. The van der Waals surface area contributed by atoms with E-state index in [0.29, 0.717) is 0 Å². The van der Waals surface area contributed by atoms with Gasteiger partial charge < -0.3 is 10.1 Å². The normalized spacial score (nSPS) is 15.1. The molecular weight excluding hydrogens is 253 g/mol. The van der Waals surface area contributed by atoms with Crippen molar-refractivity contribution in [3.05, 3.63) is 35.6 Å². The van der Waals surface area contributed by atoms with Crippen LogP contribution in [-0.2, 0) is 11.2 Å². The van der Waals surface area contributed by atoms with Gasteiger partial charge >= 0.3 is 0 Å². The summed E-state index contributed by atoms with van der Waals surface area (Å²) in [5, 5.41) is 3.57. The lowest BCUT2D eigenvalue weighted by Crippen LogP contribution is -2.49. The van der Waals surface area contributed by atoms with Crippen LogP contribution in [0.1, 0.15) is 39.7 Å². The first kappa shape index (κ1) is 17.1. The van der Waals surface area contributed by atoms with Gasteiger partial charge in [0.15, 0.2) is 0 Å². The Bertz CT molecular complexity index is 383. The quantitative estimate of drug-likeness (QED) is 0.821. The van der Waals surface area contributed by atoms with Crippen LogP contribution in [0.3, 0.4) is 0 Å². The third-order valence-corrected chi connectivity index (χ3v) is 3.50. The van der Waals surface area contributed by atoms with E-state index in [2.05, 4.69) is 33.0 Å². The predicted octanol–water partition coefficient (Wildman–Crippen LogP) is 3.80. The molecule has 114 valence electrons. The van der Waals surface area contributed by atoms with Crippen molar-refractivity contribution in [3.8, 4) is 0 Å². The number of rotatable bonds is 7. The molecule has 3 heteroatoms. The van der Waals surface area contributed by atoms with Crippen LogP contribution in [0.15, 0.2) is 24.3 Å².